The standard InChI is InChI=1S/C17H13F2N3O2/c1-11(23)22(16-7-4-13(18)8-15(16)19)10-17(24)21-14-5-2-12(9-20)3-6-14/h2-8H,10H2,1H3,(H,21,24). The van der Waals surface area contributed by atoms with Crippen molar-refractivity contribution in [3.05, 3.63) is 59.7 Å². The van der Waals surface area contributed by atoms with Gasteiger partial charge in [-0.15, -0.1) is 0 Å². The number of anilines is 2. The number of nitrogens with one attached hydrogen (secondary N) is 1. The van der Waals surface area contributed by atoms with Gasteiger partial charge in [-0.2, -0.15) is 5.26 Å². The van der Waals surface area contributed by atoms with Crippen LogP contribution in [-0.4, -0.2) is 18.4 Å². The first-order chi connectivity index (χ1) is 11.4. The SMILES string of the molecule is CC(=O)N(CC(=O)Nc1ccc(C#N)cc1)c1ccc(F)cc1F. The van der Waals surface area contributed by atoms with Crippen LogP contribution >= 0.6 is 0 Å². The van der Waals surface area contributed by atoms with E-state index in [4.69, 9.17) is 5.26 Å². The molecule has 0 atom stereocenters. The van der Waals surface area contributed by atoms with Crippen LogP contribution in [-0.2, 0) is 9.59 Å². The van der Waals surface area contributed by atoms with E-state index in [1.54, 1.807) is 0 Å². The number of rotatable bonds is 4. The molecule has 0 saturated carbocycles. The lowest BCUT2D eigenvalue weighted by molar-refractivity contribution is -0.120. The van der Waals surface area contributed by atoms with Gasteiger partial charge in [0.1, 0.15) is 18.2 Å². The van der Waals surface area contributed by atoms with Crippen LogP contribution in [0.1, 0.15) is 12.5 Å². The van der Waals surface area contributed by atoms with Crippen LogP contribution in [0.5, 0.6) is 0 Å². The molecule has 0 aromatic heterocycles. The summed E-state index contributed by atoms with van der Waals surface area (Å²) in [6, 6.07) is 10.8. The molecule has 0 heterocycles. The summed E-state index contributed by atoms with van der Waals surface area (Å²) in [5, 5.41) is 11.3. The maximum Gasteiger partial charge on any atom is 0.244 e. The van der Waals surface area contributed by atoms with E-state index in [2.05, 4.69) is 5.32 Å². The minimum Gasteiger partial charge on any atom is -0.325 e. The van der Waals surface area contributed by atoms with Crippen LogP contribution in [0, 0.1) is 23.0 Å². The van der Waals surface area contributed by atoms with Gasteiger partial charge in [0.2, 0.25) is 11.8 Å². The molecule has 0 spiro atoms. The molecule has 2 rings (SSSR count). The van der Waals surface area contributed by atoms with Gasteiger partial charge in [0.15, 0.2) is 0 Å². The molecule has 2 amide bonds. The van der Waals surface area contributed by atoms with Crippen molar-refractivity contribution in [1.82, 2.24) is 0 Å². The third-order valence-electron chi connectivity index (χ3n) is 3.18. The number of carbonyl (C=O) groups excluding carboxylic acids is 2. The molecule has 5 nitrogen and oxygen atoms in total. The molecule has 0 saturated heterocycles. The maximum absolute atomic E-state index is 13.8. The highest BCUT2D eigenvalue weighted by Gasteiger charge is 2.19. The highest BCUT2D eigenvalue weighted by atomic mass is 19.1. The van der Waals surface area contributed by atoms with Crippen molar-refractivity contribution in [3.8, 4) is 6.07 Å². The Morgan fingerprint density at radius 2 is 1.83 bits per heavy atom. The van der Waals surface area contributed by atoms with Crippen molar-refractivity contribution in [2.45, 2.75) is 6.92 Å². The summed E-state index contributed by atoms with van der Waals surface area (Å²) in [5.41, 5.74) is 0.688. The first-order valence-corrected chi connectivity index (χ1v) is 6.94. The number of nitriles is 1. The molecule has 24 heavy (non-hydrogen) atoms. The molecule has 2 aromatic carbocycles. The second-order valence-electron chi connectivity index (χ2n) is 4.94. The molecular weight excluding hydrogens is 316 g/mol. The Labute approximate surface area is 137 Å². The van der Waals surface area contributed by atoms with Crippen molar-refractivity contribution in [2.24, 2.45) is 0 Å². The minimum atomic E-state index is -0.934. The van der Waals surface area contributed by atoms with Gasteiger partial charge in [0.05, 0.1) is 17.3 Å². The zero-order valence-corrected chi connectivity index (χ0v) is 12.7. The third-order valence-corrected chi connectivity index (χ3v) is 3.18. The average Bonchev–Trinajstić information content (AvgIpc) is 2.54. The van der Waals surface area contributed by atoms with Gasteiger partial charge in [0, 0.05) is 18.7 Å². The molecule has 0 radical (unpaired) electrons. The van der Waals surface area contributed by atoms with E-state index in [0.29, 0.717) is 17.3 Å². The van der Waals surface area contributed by atoms with E-state index >= 15 is 0 Å². The van der Waals surface area contributed by atoms with Gasteiger partial charge in [0.25, 0.3) is 0 Å². The van der Waals surface area contributed by atoms with Crippen LogP contribution in [0.4, 0.5) is 20.2 Å². The predicted molar refractivity (Wildman–Crippen MR) is 84.2 cm³/mol. The predicted octanol–water partition coefficient (Wildman–Crippen LogP) is 2.83. The second kappa shape index (κ2) is 7.33. The van der Waals surface area contributed by atoms with Gasteiger partial charge >= 0.3 is 0 Å². The number of nitrogens with zero attached hydrogens (tertiary/aromatic N) is 2. The maximum atomic E-state index is 13.8. The van der Waals surface area contributed by atoms with E-state index in [9.17, 15) is 18.4 Å². The van der Waals surface area contributed by atoms with E-state index in [1.807, 2.05) is 6.07 Å². The van der Waals surface area contributed by atoms with Crippen molar-refractivity contribution in [3.63, 3.8) is 0 Å². The quantitative estimate of drug-likeness (QED) is 0.937. The fourth-order valence-corrected chi connectivity index (χ4v) is 2.04. The molecular formula is C17H13F2N3O2. The molecule has 0 aliphatic heterocycles. The molecule has 0 fully saturated rings. The summed E-state index contributed by atoms with van der Waals surface area (Å²) >= 11 is 0. The Kier molecular flexibility index (Phi) is 5.22. The van der Waals surface area contributed by atoms with Crippen molar-refractivity contribution >= 4 is 23.2 Å². The van der Waals surface area contributed by atoms with Crippen LogP contribution in [0.15, 0.2) is 42.5 Å². The summed E-state index contributed by atoms with van der Waals surface area (Å²) in [4.78, 5) is 24.7. The molecule has 2 aromatic rings. The van der Waals surface area contributed by atoms with Crippen LogP contribution in [0.2, 0.25) is 0 Å². The summed E-state index contributed by atoms with van der Waals surface area (Å²) in [6.07, 6.45) is 0. The second-order valence-corrected chi connectivity index (χ2v) is 4.94. The first-order valence-electron chi connectivity index (χ1n) is 6.94. The highest BCUT2D eigenvalue weighted by Crippen LogP contribution is 2.20. The molecule has 0 unspecified atom stereocenters. The lowest BCUT2D eigenvalue weighted by Crippen LogP contribution is -2.37. The van der Waals surface area contributed by atoms with Gasteiger partial charge < -0.3 is 10.2 Å². The summed E-state index contributed by atoms with van der Waals surface area (Å²) in [6.45, 7) is 0.746. The van der Waals surface area contributed by atoms with Gasteiger partial charge in [-0.05, 0) is 36.4 Å². The Balaban J connectivity index is 2.13. The largest absolute Gasteiger partial charge is 0.325 e. The van der Waals surface area contributed by atoms with E-state index in [1.165, 1.54) is 31.2 Å². The number of benzene rings is 2. The van der Waals surface area contributed by atoms with E-state index in [-0.39, 0.29) is 5.69 Å². The molecule has 0 bridgehead atoms. The zero-order valence-electron chi connectivity index (χ0n) is 12.7. The Morgan fingerprint density at radius 3 is 2.38 bits per heavy atom. The monoisotopic (exact) mass is 329 g/mol. The topological polar surface area (TPSA) is 73.2 Å². The Morgan fingerprint density at radius 1 is 1.17 bits per heavy atom. The fraction of sp³-hybridized carbons (Fsp3) is 0.118. The fourth-order valence-electron chi connectivity index (χ4n) is 2.04. The minimum absolute atomic E-state index is 0.182. The molecule has 0 aliphatic rings. The number of amides is 2. The van der Waals surface area contributed by atoms with E-state index < -0.39 is 30.0 Å². The summed E-state index contributed by atoms with van der Waals surface area (Å²) < 4.78 is 26.8. The lowest BCUT2D eigenvalue weighted by Gasteiger charge is -2.21. The smallest absolute Gasteiger partial charge is 0.244 e. The van der Waals surface area contributed by atoms with Gasteiger partial charge in [-0.3, -0.25) is 9.59 Å². The van der Waals surface area contributed by atoms with Crippen LogP contribution in [0.3, 0.4) is 0 Å². The van der Waals surface area contributed by atoms with E-state index in [0.717, 1.165) is 17.0 Å². The number of hydrogen-bond acceptors (Lipinski definition) is 3. The summed E-state index contributed by atoms with van der Waals surface area (Å²) in [5.74, 6) is -2.83. The molecule has 0 aliphatic carbocycles. The lowest BCUT2D eigenvalue weighted by atomic mass is 10.2. The normalized spacial score (nSPS) is 9.92. The van der Waals surface area contributed by atoms with Crippen molar-refractivity contribution < 1.29 is 18.4 Å². The number of halogens is 2. The Hall–Kier alpha value is -3.27. The molecule has 7 heteroatoms. The average molecular weight is 329 g/mol. The third kappa shape index (κ3) is 4.14. The van der Waals surface area contributed by atoms with Gasteiger partial charge in [-0.25, -0.2) is 8.78 Å². The highest BCUT2D eigenvalue weighted by molar-refractivity contribution is 6.01. The Bertz CT molecular complexity index is 814. The number of carbonyl (C=O) groups is 2. The van der Waals surface area contributed by atoms with Crippen molar-refractivity contribution in [2.75, 3.05) is 16.8 Å². The molecule has 122 valence electrons. The van der Waals surface area contributed by atoms with Crippen molar-refractivity contribution in [1.29, 1.82) is 5.26 Å². The number of hydrogen-bond donors (Lipinski definition) is 1. The van der Waals surface area contributed by atoms with Gasteiger partial charge in [-0.1, -0.05) is 0 Å². The van der Waals surface area contributed by atoms with Crippen LogP contribution in [0.25, 0.3) is 0 Å². The molecule has 1 N–H and O–H groups in total. The first kappa shape index (κ1) is 17.1. The summed E-state index contributed by atoms with van der Waals surface area (Å²) in [7, 11) is 0. The van der Waals surface area contributed by atoms with Crippen LogP contribution < -0.4 is 10.2 Å². The zero-order chi connectivity index (χ0) is 17.7.